The zero-order valence-electron chi connectivity index (χ0n) is 19.0. The van der Waals surface area contributed by atoms with Gasteiger partial charge in [-0.2, -0.15) is 0 Å². The van der Waals surface area contributed by atoms with Crippen LogP contribution in [0, 0.1) is 11.7 Å². The summed E-state index contributed by atoms with van der Waals surface area (Å²) in [7, 11) is 1.57. The molecule has 0 bridgehead atoms. The number of halogens is 1. The standard InChI is InChI=1S/C25H28FN3O4/c1-17(2)16-29(12-11-24(30)27-15-19-7-4-5-10-21(19)26)25(31)22-14-23(33-28-22)18-8-6-9-20(13-18)32-3/h4-10,13-14,17H,11-12,15-16H2,1-3H3,(H,27,30). The van der Waals surface area contributed by atoms with Gasteiger partial charge < -0.3 is 19.5 Å². The van der Waals surface area contributed by atoms with E-state index in [1.807, 2.05) is 32.0 Å². The number of nitrogens with one attached hydrogen (secondary N) is 1. The topological polar surface area (TPSA) is 84.7 Å². The van der Waals surface area contributed by atoms with Gasteiger partial charge in [-0.1, -0.05) is 49.3 Å². The molecule has 0 fully saturated rings. The summed E-state index contributed by atoms with van der Waals surface area (Å²) in [4.78, 5) is 27.0. The SMILES string of the molecule is COc1cccc(-c2cc(C(=O)N(CCC(=O)NCc3ccccc3F)CC(C)C)no2)c1. The molecule has 0 radical (unpaired) electrons. The Labute approximate surface area is 192 Å². The Morgan fingerprint density at radius 2 is 1.94 bits per heavy atom. The molecule has 2 amide bonds. The van der Waals surface area contributed by atoms with Gasteiger partial charge in [0.25, 0.3) is 5.91 Å². The van der Waals surface area contributed by atoms with Crippen molar-refractivity contribution in [1.29, 1.82) is 0 Å². The molecule has 1 aromatic heterocycles. The molecule has 0 atom stereocenters. The van der Waals surface area contributed by atoms with Crippen LogP contribution < -0.4 is 10.1 Å². The average Bonchev–Trinajstić information content (AvgIpc) is 3.31. The van der Waals surface area contributed by atoms with Crippen LogP contribution in [0.15, 0.2) is 59.1 Å². The molecular weight excluding hydrogens is 425 g/mol. The number of aromatic nitrogens is 1. The molecule has 3 aromatic rings. The Balaban J connectivity index is 1.63. The lowest BCUT2D eigenvalue weighted by molar-refractivity contribution is -0.121. The number of hydrogen-bond donors (Lipinski definition) is 1. The van der Waals surface area contributed by atoms with Gasteiger partial charge in [0, 0.05) is 43.2 Å². The molecule has 3 rings (SSSR count). The van der Waals surface area contributed by atoms with Crippen LogP contribution in [-0.4, -0.2) is 42.1 Å². The number of ether oxygens (including phenoxy) is 1. The first-order chi connectivity index (χ1) is 15.9. The predicted molar refractivity (Wildman–Crippen MR) is 122 cm³/mol. The fraction of sp³-hybridized carbons (Fsp3) is 0.320. The monoisotopic (exact) mass is 453 g/mol. The summed E-state index contributed by atoms with van der Waals surface area (Å²) in [6.45, 7) is 4.74. The summed E-state index contributed by atoms with van der Waals surface area (Å²) in [5, 5.41) is 6.64. The Morgan fingerprint density at radius 1 is 1.15 bits per heavy atom. The largest absolute Gasteiger partial charge is 0.497 e. The molecule has 0 unspecified atom stereocenters. The molecule has 1 heterocycles. The molecule has 7 nitrogen and oxygen atoms in total. The maximum Gasteiger partial charge on any atom is 0.276 e. The van der Waals surface area contributed by atoms with E-state index < -0.39 is 0 Å². The van der Waals surface area contributed by atoms with Crippen LogP contribution >= 0.6 is 0 Å². The summed E-state index contributed by atoms with van der Waals surface area (Å²) in [6.07, 6.45) is 0.0908. The zero-order valence-corrected chi connectivity index (χ0v) is 19.0. The number of rotatable bonds is 10. The Morgan fingerprint density at radius 3 is 2.67 bits per heavy atom. The molecule has 174 valence electrons. The summed E-state index contributed by atoms with van der Waals surface area (Å²) in [6, 6.07) is 15.1. The van der Waals surface area contributed by atoms with E-state index in [9.17, 15) is 14.0 Å². The van der Waals surface area contributed by atoms with Crippen LogP contribution in [0.2, 0.25) is 0 Å². The highest BCUT2D eigenvalue weighted by Crippen LogP contribution is 2.25. The molecule has 0 spiro atoms. The van der Waals surface area contributed by atoms with E-state index in [-0.39, 0.29) is 48.8 Å². The second-order valence-electron chi connectivity index (χ2n) is 8.07. The lowest BCUT2D eigenvalue weighted by Gasteiger charge is -2.23. The van der Waals surface area contributed by atoms with E-state index in [1.54, 1.807) is 42.3 Å². The van der Waals surface area contributed by atoms with Gasteiger partial charge in [0.2, 0.25) is 5.91 Å². The van der Waals surface area contributed by atoms with E-state index >= 15 is 0 Å². The van der Waals surface area contributed by atoms with Gasteiger partial charge in [0.05, 0.1) is 7.11 Å². The molecule has 0 saturated carbocycles. The summed E-state index contributed by atoms with van der Waals surface area (Å²) in [5.74, 6) is 0.358. The Hall–Kier alpha value is -3.68. The molecule has 0 aliphatic heterocycles. The minimum Gasteiger partial charge on any atom is -0.497 e. The Bertz CT molecular complexity index is 1100. The van der Waals surface area contributed by atoms with E-state index in [0.29, 0.717) is 23.6 Å². The summed E-state index contributed by atoms with van der Waals surface area (Å²) in [5.41, 5.74) is 1.32. The van der Waals surface area contributed by atoms with Crippen molar-refractivity contribution in [3.63, 3.8) is 0 Å². The number of carbonyl (C=O) groups is 2. The van der Waals surface area contributed by atoms with Crippen LogP contribution in [-0.2, 0) is 11.3 Å². The van der Waals surface area contributed by atoms with Crippen LogP contribution in [0.25, 0.3) is 11.3 Å². The first kappa shape index (κ1) is 24.0. The van der Waals surface area contributed by atoms with Gasteiger partial charge in [-0.15, -0.1) is 0 Å². The molecule has 0 aliphatic carbocycles. The molecule has 0 saturated heterocycles. The maximum absolute atomic E-state index is 13.7. The van der Waals surface area contributed by atoms with Gasteiger partial charge in [-0.3, -0.25) is 9.59 Å². The number of carbonyl (C=O) groups excluding carboxylic acids is 2. The third-order valence-corrected chi connectivity index (χ3v) is 5.00. The summed E-state index contributed by atoms with van der Waals surface area (Å²) >= 11 is 0. The number of hydrogen-bond acceptors (Lipinski definition) is 5. The average molecular weight is 454 g/mol. The minimum atomic E-state index is -0.368. The molecule has 8 heteroatoms. The third kappa shape index (κ3) is 6.65. The summed E-state index contributed by atoms with van der Waals surface area (Å²) < 4.78 is 24.3. The first-order valence-corrected chi connectivity index (χ1v) is 10.8. The minimum absolute atomic E-state index is 0.0908. The van der Waals surface area contributed by atoms with E-state index in [2.05, 4.69) is 10.5 Å². The second kappa shape index (κ2) is 11.3. The maximum atomic E-state index is 13.7. The quantitative estimate of drug-likeness (QED) is 0.495. The zero-order chi connectivity index (χ0) is 23.8. The van der Waals surface area contributed by atoms with Crippen LogP contribution in [0.3, 0.4) is 0 Å². The van der Waals surface area contributed by atoms with Gasteiger partial charge in [-0.05, 0) is 24.1 Å². The lowest BCUT2D eigenvalue weighted by Crippen LogP contribution is -2.37. The van der Waals surface area contributed by atoms with Gasteiger partial charge in [0.15, 0.2) is 11.5 Å². The predicted octanol–water partition coefficient (Wildman–Crippen LogP) is 4.29. The normalized spacial score (nSPS) is 10.8. The van der Waals surface area contributed by atoms with Crippen LogP contribution in [0.1, 0.15) is 36.3 Å². The van der Waals surface area contributed by atoms with E-state index in [0.717, 1.165) is 5.56 Å². The van der Waals surface area contributed by atoms with Crippen molar-refractivity contribution in [2.24, 2.45) is 5.92 Å². The molecule has 33 heavy (non-hydrogen) atoms. The third-order valence-electron chi connectivity index (χ3n) is 5.00. The fourth-order valence-electron chi connectivity index (χ4n) is 3.33. The number of methoxy groups -OCH3 is 1. The van der Waals surface area contributed by atoms with Gasteiger partial charge >= 0.3 is 0 Å². The van der Waals surface area contributed by atoms with Gasteiger partial charge in [-0.25, -0.2) is 4.39 Å². The molecular formula is C25H28FN3O4. The van der Waals surface area contributed by atoms with Crippen molar-refractivity contribution in [2.45, 2.75) is 26.8 Å². The highest BCUT2D eigenvalue weighted by molar-refractivity contribution is 5.93. The van der Waals surface area contributed by atoms with Gasteiger partial charge in [0.1, 0.15) is 11.6 Å². The molecule has 0 aliphatic rings. The van der Waals surface area contributed by atoms with Crippen molar-refractivity contribution in [3.8, 4) is 17.1 Å². The highest BCUT2D eigenvalue weighted by atomic mass is 19.1. The number of benzene rings is 2. The van der Waals surface area contributed by atoms with Crippen molar-refractivity contribution in [1.82, 2.24) is 15.4 Å². The van der Waals surface area contributed by atoms with Crippen LogP contribution in [0.4, 0.5) is 4.39 Å². The van der Waals surface area contributed by atoms with E-state index in [4.69, 9.17) is 9.26 Å². The van der Waals surface area contributed by atoms with Crippen molar-refractivity contribution in [3.05, 3.63) is 71.7 Å². The smallest absolute Gasteiger partial charge is 0.276 e. The van der Waals surface area contributed by atoms with Crippen molar-refractivity contribution < 1.29 is 23.2 Å². The van der Waals surface area contributed by atoms with Crippen LogP contribution in [0.5, 0.6) is 5.75 Å². The highest BCUT2D eigenvalue weighted by Gasteiger charge is 2.22. The number of amides is 2. The molecule has 1 N–H and O–H groups in total. The fourth-order valence-corrected chi connectivity index (χ4v) is 3.33. The second-order valence-corrected chi connectivity index (χ2v) is 8.07. The first-order valence-electron chi connectivity index (χ1n) is 10.8. The lowest BCUT2D eigenvalue weighted by atomic mass is 10.1. The van der Waals surface area contributed by atoms with E-state index in [1.165, 1.54) is 6.07 Å². The number of nitrogens with zero attached hydrogens (tertiary/aromatic N) is 2. The Kier molecular flexibility index (Phi) is 8.18. The molecule has 2 aromatic carbocycles. The van der Waals surface area contributed by atoms with Crippen molar-refractivity contribution >= 4 is 11.8 Å². The van der Waals surface area contributed by atoms with Crippen molar-refractivity contribution in [2.75, 3.05) is 20.2 Å².